The zero-order chi connectivity index (χ0) is 10.5. The van der Waals surface area contributed by atoms with E-state index in [1.165, 1.54) is 0 Å². The molecule has 0 radical (unpaired) electrons. The van der Waals surface area contributed by atoms with Gasteiger partial charge in [-0.15, -0.1) is 5.54 Å². The van der Waals surface area contributed by atoms with E-state index in [4.69, 9.17) is 0 Å². The van der Waals surface area contributed by atoms with Crippen molar-refractivity contribution in [2.24, 2.45) is 0 Å². The molecule has 0 bridgehead atoms. The Morgan fingerprint density at radius 3 is 2.46 bits per heavy atom. The van der Waals surface area contributed by atoms with Gasteiger partial charge in [-0.25, -0.2) is 4.79 Å². The van der Waals surface area contributed by atoms with Crippen LogP contribution in [0.4, 0.5) is 4.39 Å². The van der Waals surface area contributed by atoms with Gasteiger partial charge >= 0.3 is 5.97 Å². The van der Waals surface area contributed by atoms with Gasteiger partial charge in [-0.2, -0.15) is 4.39 Å². The van der Waals surface area contributed by atoms with Crippen molar-refractivity contribution in [3.8, 4) is 11.5 Å². The molecule has 0 aliphatic heterocycles. The molecular weight excluding hydrogens is 187 g/mol. The predicted molar refractivity (Wildman–Crippen MR) is 52.3 cm³/mol. The van der Waals surface area contributed by atoms with E-state index in [0.29, 0.717) is 0 Å². The third kappa shape index (κ3) is 7.28. The molecule has 0 saturated heterocycles. The molecule has 0 atom stereocenters. The first kappa shape index (κ1) is 11.9. The molecule has 0 aliphatic carbocycles. The fraction of sp³-hybridized carbons (Fsp3) is 0.444. The quantitative estimate of drug-likeness (QED) is 0.294. The van der Waals surface area contributed by atoms with Crippen LogP contribution in [0.5, 0.6) is 0 Å². The van der Waals surface area contributed by atoms with E-state index in [9.17, 15) is 9.18 Å². The highest BCUT2D eigenvalue weighted by Gasteiger charge is 2.08. The molecule has 0 aromatic rings. The van der Waals surface area contributed by atoms with Crippen molar-refractivity contribution in [2.45, 2.75) is 19.6 Å². The highest BCUT2D eigenvalue weighted by Crippen LogP contribution is 1.97. The van der Waals surface area contributed by atoms with Crippen molar-refractivity contribution in [3.05, 3.63) is 12.4 Å². The number of halogens is 1. The maximum atomic E-state index is 12.0. The molecule has 72 valence electrons. The molecule has 13 heavy (non-hydrogen) atoms. The number of carbonyl (C=O) groups is 1. The highest BCUT2D eigenvalue weighted by atomic mass is 28.3. The first-order valence-corrected chi connectivity index (χ1v) is 7.34. The Balaban J connectivity index is 3.85. The SMILES string of the molecule is C=C(F)C(=O)OCC#C[Si](C)(C)C. The Morgan fingerprint density at radius 2 is 2.08 bits per heavy atom. The van der Waals surface area contributed by atoms with E-state index < -0.39 is 19.9 Å². The smallest absolute Gasteiger partial charge is 0.367 e. The summed E-state index contributed by atoms with van der Waals surface area (Å²) in [4.78, 5) is 10.5. The van der Waals surface area contributed by atoms with Crippen LogP contribution in [0.2, 0.25) is 19.6 Å². The molecule has 0 aliphatic rings. The summed E-state index contributed by atoms with van der Waals surface area (Å²) in [5.74, 6) is 0.547. The minimum Gasteiger partial charge on any atom is -0.447 e. The largest absolute Gasteiger partial charge is 0.447 e. The summed E-state index contributed by atoms with van der Waals surface area (Å²) in [6, 6.07) is 0. The van der Waals surface area contributed by atoms with Crippen molar-refractivity contribution < 1.29 is 13.9 Å². The Hall–Kier alpha value is -1.08. The predicted octanol–water partition coefficient (Wildman–Crippen LogP) is 1.89. The number of carbonyl (C=O) groups excluding carboxylic acids is 1. The molecule has 0 N–H and O–H groups in total. The van der Waals surface area contributed by atoms with Gasteiger partial charge in [-0.3, -0.25) is 0 Å². The molecule has 4 heteroatoms. The van der Waals surface area contributed by atoms with Gasteiger partial charge in [-0.1, -0.05) is 32.1 Å². The standard InChI is InChI=1S/C9H13FO2Si/c1-8(10)9(11)12-6-5-7-13(2,3)4/h1,6H2,2-4H3. The molecule has 0 rings (SSSR count). The van der Waals surface area contributed by atoms with Crippen LogP contribution in [-0.4, -0.2) is 20.7 Å². The van der Waals surface area contributed by atoms with E-state index in [0.717, 1.165) is 0 Å². The highest BCUT2D eigenvalue weighted by molar-refractivity contribution is 6.83. The van der Waals surface area contributed by atoms with Crippen LogP contribution in [0.15, 0.2) is 12.4 Å². The molecule has 0 aromatic carbocycles. The van der Waals surface area contributed by atoms with Gasteiger partial charge in [0.25, 0.3) is 0 Å². The van der Waals surface area contributed by atoms with Gasteiger partial charge in [0.15, 0.2) is 6.61 Å². The van der Waals surface area contributed by atoms with Crippen molar-refractivity contribution >= 4 is 14.0 Å². The molecule has 0 heterocycles. The molecule has 0 unspecified atom stereocenters. The second-order valence-electron chi connectivity index (χ2n) is 3.53. The Morgan fingerprint density at radius 1 is 1.54 bits per heavy atom. The van der Waals surface area contributed by atoms with Crippen LogP contribution in [0.3, 0.4) is 0 Å². The minimum atomic E-state index is -1.43. The van der Waals surface area contributed by atoms with Gasteiger partial charge < -0.3 is 4.74 Å². The van der Waals surface area contributed by atoms with Crippen molar-refractivity contribution in [1.29, 1.82) is 0 Å². The average molecular weight is 200 g/mol. The van der Waals surface area contributed by atoms with Crippen LogP contribution in [0, 0.1) is 11.5 Å². The van der Waals surface area contributed by atoms with Crippen molar-refractivity contribution in [1.82, 2.24) is 0 Å². The molecular formula is C9H13FO2Si. The third-order valence-electron chi connectivity index (χ3n) is 0.960. The summed E-state index contributed by atoms with van der Waals surface area (Å²) in [7, 11) is -1.43. The average Bonchev–Trinajstić information content (AvgIpc) is 1.95. The Labute approximate surface area is 78.8 Å². The van der Waals surface area contributed by atoms with Gasteiger partial charge in [0.2, 0.25) is 5.83 Å². The maximum absolute atomic E-state index is 12.0. The van der Waals surface area contributed by atoms with Crippen LogP contribution in [0.1, 0.15) is 0 Å². The first-order valence-electron chi connectivity index (χ1n) is 3.84. The Bertz CT molecular complexity index is 268. The topological polar surface area (TPSA) is 26.3 Å². The zero-order valence-electron chi connectivity index (χ0n) is 8.11. The zero-order valence-corrected chi connectivity index (χ0v) is 9.11. The number of esters is 1. The van der Waals surface area contributed by atoms with E-state index in [1.54, 1.807) is 0 Å². The number of ether oxygens (including phenoxy) is 1. The maximum Gasteiger partial charge on any atom is 0.367 e. The fourth-order valence-corrected chi connectivity index (χ4v) is 1.08. The number of rotatable bonds is 2. The lowest BCUT2D eigenvalue weighted by Crippen LogP contribution is -2.17. The summed E-state index contributed by atoms with van der Waals surface area (Å²) in [5.41, 5.74) is 2.98. The van der Waals surface area contributed by atoms with Gasteiger partial charge in [0.1, 0.15) is 8.07 Å². The normalized spacial score (nSPS) is 9.85. The van der Waals surface area contributed by atoms with Crippen LogP contribution in [0.25, 0.3) is 0 Å². The third-order valence-corrected chi connectivity index (χ3v) is 1.89. The second-order valence-corrected chi connectivity index (χ2v) is 8.28. The van der Waals surface area contributed by atoms with E-state index in [-0.39, 0.29) is 6.61 Å². The summed E-state index contributed by atoms with van der Waals surface area (Å²) in [6.45, 7) is 8.93. The van der Waals surface area contributed by atoms with Crippen molar-refractivity contribution in [2.75, 3.05) is 6.61 Å². The fourth-order valence-electron chi connectivity index (χ4n) is 0.481. The summed E-state index contributed by atoms with van der Waals surface area (Å²) >= 11 is 0. The second kappa shape index (κ2) is 4.82. The lowest BCUT2D eigenvalue weighted by atomic mass is 10.6. The molecule has 0 spiro atoms. The summed E-state index contributed by atoms with van der Waals surface area (Å²) in [5, 5.41) is 0. The van der Waals surface area contributed by atoms with E-state index in [2.05, 4.69) is 42.4 Å². The van der Waals surface area contributed by atoms with E-state index >= 15 is 0 Å². The van der Waals surface area contributed by atoms with Gasteiger partial charge in [-0.05, 0) is 0 Å². The number of hydrogen-bond donors (Lipinski definition) is 0. The lowest BCUT2D eigenvalue weighted by Gasteiger charge is -2.03. The van der Waals surface area contributed by atoms with Gasteiger partial charge in [0.05, 0.1) is 0 Å². The monoisotopic (exact) mass is 200 g/mol. The Kier molecular flexibility index (Phi) is 4.42. The van der Waals surface area contributed by atoms with Gasteiger partial charge in [0, 0.05) is 0 Å². The molecule has 0 amide bonds. The molecule has 0 aromatic heterocycles. The van der Waals surface area contributed by atoms with Crippen LogP contribution < -0.4 is 0 Å². The van der Waals surface area contributed by atoms with Crippen LogP contribution >= 0.6 is 0 Å². The molecule has 2 nitrogen and oxygen atoms in total. The van der Waals surface area contributed by atoms with E-state index in [1.807, 2.05) is 0 Å². The first-order chi connectivity index (χ1) is 5.83. The molecule has 0 saturated carbocycles. The minimum absolute atomic E-state index is 0.0634. The summed E-state index contributed by atoms with van der Waals surface area (Å²) < 4.78 is 16.5. The molecule has 0 fully saturated rings. The summed E-state index contributed by atoms with van der Waals surface area (Å²) in [6.07, 6.45) is 0. The number of hydrogen-bond acceptors (Lipinski definition) is 2. The lowest BCUT2D eigenvalue weighted by molar-refractivity contribution is -0.139. The van der Waals surface area contributed by atoms with Crippen LogP contribution in [-0.2, 0) is 9.53 Å². The van der Waals surface area contributed by atoms with Crippen molar-refractivity contribution in [3.63, 3.8) is 0 Å².